The minimum atomic E-state index is -0.233. The number of hydrogen-bond donors (Lipinski definition) is 2. The Morgan fingerprint density at radius 2 is 2.38 bits per heavy atom. The summed E-state index contributed by atoms with van der Waals surface area (Å²) in [4.78, 5) is 15.9. The van der Waals surface area contributed by atoms with Crippen LogP contribution in [0.15, 0.2) is 24.5 Å². The van der Waals surface area contributed by atoms with Crippen LogP contribution < -0.4 is 10.6 Å². The smallest absolute Gasteiger partial charge is 0.260 e. The van der Waals surface area contributed by atoms with Gasteiger partial charge in [-0.05, 0) is 12.1 Å². The van der Waals surface area contributed by atoms with E-state index in [1.807, 2.05) is 0 Å². The van der Waals surface area contributed by atoms with E-state index >= 15 is 0 Å². The highest BCUT2D eigenvalue weighted by Gasteiger charge is 2.11. The Hall–Kier alpha value is -2.02. The molecule has 0 radical (unpaired) electrons. The average molecular weight is 235 g/mol. The normalized spacial score (nSPS) is 9.81. The number of nitrogens with one attached hydrogen (secondary N) is 2. The van der Waals surface area contributed by atoms with Gasteiger partial charge in [0.2, 0.25) is 0 Å². The molecule has 2 heterocycles. The van der Waals surface area contributed by atoms with Gasteiger partial charge in [0.1, 0.15) is 10.8 Å². The minimum Gasteiger partial charge on any atom is -0.372 e. The molecular weight excluding hydrogens is 226 g/mol. The molecule has 2 rings (SSSR count). The summed E-state index contributed by atoms with van der Waals surface area (Å²) in [6.45, 7) is 0. The molecule has 0 unspecified atom stereocenters. The highest BCUT2D eigenvalue weighted by molar-refractivity contribution is 7.10. The van der Waals surface area contributed by atoms with Crippen molar-refractivity contribution in [3.8, 4) is 0 Å². The molecule has 0 saturated carbocycles. The van der Waals surface area contributed by atoms with Crippen molar-refractivity contribution in [2.75, 3.05) is 17.7 Å². The predicted molar refractivity (Wildman–Crippen MR) is 61.6 cm³/mol. The predicted octanol–water partition coefficient (Wildman–Crippen LogP) is 1.23. The summed E-state index contributed by atoms with van der Waals surface area (Å²) in [7, 11) is 1.72. The van der Waals surface area contributed by atoms with Gasteiger partial charge in [0, 0.05) is 24.8 Å². The van der Waals surface area contributed by atoms with Crippen molar-refractivity contribution in [3.05, 3.63) is 30.1 Å². The lowest BCUT2D eigenvalue weighted by Crippen LogP contribution is -2.13. The number of anilines is 2. The van der Waals surface area contributed by atoms with E-state index in [1.54, 1.807) is 25.4 Å². The molecule has 2 N–H and O–H groups in total. The van der Waals surface area contributed by atoms with E-state index in [-0.39, 0.29) is 5.91 Å². The fourth-order valence-corrected chi connectivity index (χ4v) is 1.60. The summed E-state index contributed by atoms with van der Waals surface area (Å²) in [5, 5.41) is 9.79. The summed E-state index contributed by atoms with van der Waals surface area (Å²) >= 11 is 1.13. The maximum absolute atomic E-state index is 11.9. The molecule has 0 bridgehead atoms. The Morgan fingerprint density at radius 1 is 1.50 bits per heavy atom. The third-order valence-electron chi connectivity index (χ3n) is 1.89. The second-order valence-corrected chi connectivity index (χ2v) is 3.67. The van der Waals surface area contributed by atoms with Crippen LogP contribution in [0, 0.1) is 0 Å². The molecule has 0 aliphatic rings. The van der Waals surface area contributed by atoms with E-state index in [2.05, 4.69) is 25.2 Å². The number of nitrogens with zero attached hydrogens (tertiary/aromatic N) is 3. The van der Waals surface area contributed by atoms with Crippen molar-refractivity contribution in [1.82, 2.24) is 14.6 Å². The monoisotopic (exact) mass is 235 g/mol. The molecule has 16 heavy (non-hydrogen) atoms. The summed E-state index contributed by atoms with van der Waals surface area (Å²) in [5.74, 6) is 0.306. The standard InChI is InChI=1S/C9H9N5OS/c1-10-8-6(3-2-4-11-8)9(15)13-7-5-12-14-16-7/h2-5H,1H3,(H,10,11)(H,13,15). The molecule has 0 aliphatic heterocycles. The van der Waals surface area contributed by atoms with Gasteiger partial charge in [-0.3, -0.25) is 4.79 Å². The average Bonchev–Trinajstić information content (AvgIpc) is 2.81. The van der Waals surface area contributed by atoms with Gasteiger partial charge in [0.15, 0.2) is 0 Å². The van der Waals surface area contributed by atoms with Gasteiger partial charge in [-0.2, -0.15) is 0 Å². The zero-order valence-corrected chi connectivity index (χ0v) is 9.28. The van der Waals surface area contributed by atoms with Crippen LogP contribution in [0.2, 0.25) is 0 Å². The van der Waals surface area contributed by atoms with Crippen molar-refractivity contribution in [2.45, 2.75) is 0 Å². The van der Waals surface area contributed by atoms with E-state index in [0.717, 1.165) is 11.5 Å². The molecule has 2 aromatic heterocycles. The topological polar surface area (TPSA) is 79.8 Å². The Morgan fingerprint density at radius 3 is 3.06 bits per heavy atom. The molecule has 2 aromatic rings. The molecule has 1 amide bonds. The number of amides is 1. The summed E-state index contributed by atoms with van der Waals surface area (Å²) < 4.78 is 3.66. The quantitative estimate of drug-likeness (QED) is 0.836. The van der Waals surface area contributed by atoms with Gasteiger partial charge >= 0.3 is 0 Å². The summed E-state index contributed by atoms with van der Waals surface area (Å²) in [6.07, 6.45) is 3.12. The van der Waals surface area contributed by atoms with Gasteiger partial charge in [0.05, 0.1) is 11.8 Å². The Balaban J connectivity index is 2.21. The van der Waals surface area contributed by atoms with Crippen molar-refractivity contribution in [2.24, 2.45) is 0 Å². The number of carbonyl (C=O) groups is 1. The van der Waals surface area contributed by atoms with Crippen LogP contribution >= 0.6 is 11.5 Å². The van der Waals surface area contributed by atoms with Gasteiger partial charge in [-0.25, -0.2) is 4.98 Å². The first-order valence-electron chi connectivity index (χ1n) is 4.52. The lowest BCUT2D eigenvalue weighted by atomic mass is 10.2. The van der Waals surface area contributed by atoms with Crippen molar-refractivity contribution >= 4 is 28.3 Å². The highest BCUT2D eigenvalue weighted by atomic mass is 32.1. The summed E-state index contributed by atoms with van der Waals surface area (Å²) in [5.41, 5.74) is 0.485. The van der Waals surface area contributed by atoms with Crippen LogP contribution in [0.4, 0.5) is 10.8 Å². The molecule has 6 nitrogen and oxygen atoms in total. The first-order chi connectivity index (χ1) is 7.81. The van der Waals surface area contributed by atoms with Crippen LogP contribution in [-0.4, -0.2) is 27.5 Å². The highest BCUT2D eigenvalue weighted by Crippen LogP contribution is 2.15. The van der Waals surface area contributed by atoms with Crippen LogP contribution in [0.3, 0.4) is 0 Å². The van der Waals surface area contributed by atoms with Gasteiger partial charge in [-0.15, -0.1) is 5.10 Å². The molecule has 0 aromatic carbocycles. The first-order valence-corrected chi connectivity index (χ1v) is 5.30. The molecule has 7 heteroatoms. The number of aromatic nitrogens is 3. The second kappa shape index (κ2) is 4.67. The number of pyridine rings is 1. The first kappa shape index (κ1) is 10.5. The Bertz CT molecular complexity index is 484. The van der Waals surface area contributed by atoms with Gasteiger partial charge in [-0.1, -0.05) is 4.49 Å². The Labute approximate surface area is 95.9 Å². The zero-order chi connectivity index (χ0) is 11.4. The van der Waals surface area contributed by atoms with E-state index in [4.69, 9.17) is 0 Å². The SMILES string of the molecule is CNc1ncccc1C(=O)Nc1cnns1. The van der Waals surface area contributed by atoms with Crippen molar-refractivity contribution in [1.29, 1.82) is 0 Å². The zero-order valence-electron chi connectivity index (χ0n) is 8.47. The fraction of sp³-hybridized carbons (Fsp3) is 0.111. The minimum absolute atomic E-state index is 0.233. The largest absolute Gasteiger partial charge is 0.372 e. The van der Waals surface area contributed by atoms with E-state index in [9.17, 15) is 4.79 Å². The maximum atomic E-state index is 11.9. The van der Waals surface area contributed by atoms with Crippen LogP contribution in [-0.2, 0) is 0 Å². The number of rotatable bonds is 3. The number of carbonyl (C=O) groups excluding carboxylic acids is 1. The molecule has 82 valence electrons. The van der Waals surface area contributed by atoms with Crippen LogP contribution in [0.25, 0.3) is 0 Å². The van der Waals surface area contributed by atoms with E-state index in [0.29, 0.717) is 16.4 Å². The van der Waals surface area contributed by atoms with Gasteiger partial charge in [0.25, 0.3) is 5.91 Å². The maximum Gasteiger partial charge on any atom is 0.260 e. The van der Waals surface area contributed by atoms with Crippen LogP contribution in [0.1, 0.15) is 10.4 Å². The van der Waals surface area contributed by atoms with E-state index in [1.165, 1.54) is 6.20 Å². The lowest BCUT2D eigenvalue weighted by molar-refractivity contribution is 0.102. The second-order valence-electron chi connectivity index (χ2n) is 2.89. The molecule has 0 spiro atoms. The Kier molecular flexibility index (Phi) is 3.06. The molecule has 0 saturated heterocycles. The third kappa shape index (κ3) is 2.14. The van der Waals surface area contributed by atoms with Gasteiger partial charge < -0.3 is 10.6 Å². The van der Waals surface area contributed by atoms with Crippen molar-refractivity contribution < 1.29 is 4.79 Å². The number of hydrogen-bond acceptors (Lipinski definition) is 6. The third-order valence-corrected chi connectivity index (χ3v) is 2.47. The molecule has 0 atom stereocenters. The molecular formula is C9H9N5OS. The molecule has 0 aliphatic carbocycles. The van der Waals surface area contributed by atoms with Crippen LogP contribution in [0.5, 0.6) is 0 Å². The fourth-order valence-electron chi connectivity index (χ4n) is 1.19. The lowest BCUT2D eigenvalue weighted by Gasteiger charge is -2.06. The van der Waals surface area contributed by atoms with Crippen molar-refractivity contribution in [3.63, 3.8) is 0 Å². The summed E-state index contributed by atoms with van der Waals surface area (Å²) in [6, 6.07) is 3.41. The molecule has 0 fully saturated rings. The van der Waals surface area contributed by atoms with E-state index < -0.39 is 0 Å².